The van der Waals surface area contributed by atoms with Gasteiger partial charge in [0.05, 0.1) is 6.10 Å². The van der Waals surface area contributed by atoms with Crippen molar-refractivity contribution in [3.8, 4) is 0 Å². The molecule has 5 nitrogen and oxygen atoms in total. The molecule has 1 aliphatic heterocycles. The summed E-state index contributed by atoms with van der Waals surface area (Å²) in [6.45, 7) is 9.04. The number of ether oxygens (including phenoxy) is 2. The maximum absolute atomic E-state index is 11.7. The van der Waals surface area contributed by atoms with Gasteiger partial charge in [-0.05, 0) is 46.6 Å². The Hall–Kier alpha value is -0.810. The zero-order valence-electron chi connectivity index (χ0n) is 12.7. The summed E-state index contributed by atoms with van der Waals surface area (Å²) >= 11 is 0. The van der Waals surface area contributed by atoms with Gasteiger partial charge in [0.25, 0.3) is 0 Å². The average Bonchev–Trinajstić information content (AvgIpc) is 2.79. The normalized spacial score (nSPS) is 19.5. The van der Waals surface area contributed by atoms with Crippen molar-refractivity contribution in [1.82, 2.24) is 10.2 Å². The maximum Gasteiger partial charge on any atom is 0.410 e. The van der Waals surface area contributed by atoms with E-state index < -0.39 is 5.60 Å². The molecule has 19 heavy (non-hydrogen) atoms. The van der Waals surface area contributed by atoms with Crippen LogP contribution in [0, 0.1) is 0 Å². The number of amides is 1. The minimum atomic E-state index is -0.427. The van der Waals surface area contributed by atoms with Crippen molar-refractivity contribution in [2.75, 3.05) is 33.3 Å². The highest BCUT2D eigenvalue weighted by atomic mass is 16.6. The van der Waals surface area contributed by atoms with Crippen LogP contribution in [0.1, 0.15) is 40.0 Å². The molecule has 0 bridgehead atoms. The Morgan fingerprint density at radius 2 is 2.21 bits per heavy atom. The molecule has 1 unspecified atom stereocenters. The molecule has 1 N–H and O–H groups in total. The number of nitrogens with zero attached hydrogens (tertiary/aromatic N) is 1. The number of hydrogen-bond donors (Lipinski definition) is 1. The fraction of sp³-hybridized carbons (Fsp3) is 0.929. The Labute approximate surface area is 116 Å². The van der Waals surface area contributed by atoms with Gasteiger partial charge >= 0.3 is 6.09 Å². The summed E-state index contributed by atoms with van der Waals surface area (Å²) in [6.07, 6.45) is 3.37. The molecule has 0 spiro atoms. The SMILES string of the molecule is CN(CCCNCC1CCCO1)C(=O)OC(C)(C)C. The van der Waals surface area contributed by atoms with E-state index in [9.17, 15) is 4.79 Å². The molecule has 0 radical (unpaired) electrons. The first-order valence-corrected chi connectivity index (χ1v) is 7.15. The van der Waals surface area contributed by atoms with Gasteiger partial charge in [0.15, 0.2) is 0 Å². The quantitative estimate of drug-likeness (QED) is 0.752. The van der Waals surface area contributed by atoms with E-state index in [-0.39, 0.29) is 6.09 Å². The van der Waals surface area contributed by atoms with Crippen LogP contribution >= 0.6 is 0 Å². The molecule has 1 fully saturated rings. The van der Waals surface area contributed by atoms with Crippen LogP contribution in [-0.4, -0.2) is 56.0 Å². The molecule has 0 saturated carbocycles. The van der Waals surface area contributed by atoms with Gasteiger partial charge < -0.3 is 19.7 Å². The lowest BCUT2D eigenvalue weighted by Gasteiger charge is -2.24. The lowest BCUT2D eigenvalue weighted by atomic mass is 10.2. The lowest BCUT2D eigenvalue weighted by molar-refractivity contribution is 0.0296. The molecule has 0 aliphatic carbocycles. The van der Waals surface area contributed by atoms with Gasteiger partial charge in [0, 0.05) is 26.7 Å². The van der Waals surface area contributed by atoms with Gasteiger partial charge in [-0.2, -0.15) is 0 Å². The van der Waals surface area contributed by atoms with E-state index in [1.807, 2.05) is 20.8 Å². The maximum atomic E-state index is 11.7. The Morgan fingerprint density at radius 3 is 2.79 bits per heavy atom. The van der Waals surface area contributed by atoms with Crippen molar-refractivity contribution in [3.63, 3.8) is 0 Å². The Morgan fingerprint density at radius 1 is 1.47 bits per heavy atom. The van der Waals surface area contributed by atoms with Crippen molar-refractivity contribution in [2.24, 2.45) is 0 Å². The summed E-state index contributed by atoms with van der Waals surface area (Å²) < 4.78 is 10.8. The van der Waals surface area contributed by atoms with Crippen LogP contribution in [-0.2, 0) is 9.47 Å². The molecule has 0 aromatic carbocycles. The topological polar surface area (TPSA) is 50.8 Å². The van der Waals surface area contributed by atoms with Gasteiger partial charge in [-0.25, -0.2) is 4.79 Å². The molecular formula is C14H28N2O3. The van der Waals surface area contributed by atoms with E-state index in [0.29, 0.717) is 12.6 Å². The number of carbonyl (C=O) groups excluding carboxylic acids is 1. The van der Waals surface area contributed by atoms with E-state index in [0.717, 1.165) is 32.5 Å². The zero-order valence-corrected chi connectivity index (χ0v) is 12.7. The molecule has 1 heterocycles. The van der Waals surface area contributed by atoms with Crippen LogP contribution in [0.25, 0.3) is 0 Å². The highest BCUT2D eigenvalue weighted by Crippen LogP contribution is 2.10. The molecule has 5 heteroatoms. The standard InChI is InChI=1S/C14H28N2O3/c1-14(2,3)19-13(17)16(4)9-6-8-15-11-12-7-5-10-18-12/h12,15H,5-11H2,1-4H3. The number of rotatable bonds is 6. The third-order valence-corrected chi connectivity index (χ3v) is 2.95. The molecule has 0 aromatic heterocycles. The van der Waals surface area contributed by atoms with Crippen LogP contribution in [0.5, 0.6) is 0 Å². The first-order valence-electron chi connectivity index (χ1n) is 7.15. The largest absolute Gasteiger partial charge is 0.444 e. The second kappa shape index (κ2) is 7.70. The van der Waals surface area contributed by atoms with Crippen molar-refractivity contribution in [3.05, 3.63) is 0 Å². The van der Waals surface area contributed by atoms with Crippen LogP contribution in [0.4, 0.5) is 4.79 Å². The highest BCUT2D eigenvalue weighted by molar-refractivity contribution is 5.67. The van der Waals surface area contributed by atoms with Crippen molar-refractivity contribution < 1.29 is 14.3 Å². The molecular weight excluding hydrogens is 244 g/mol. The monoisotopic (exact) mass is 272 g/mol. The number of nitrogens with one attached hydrogen (secondary N) is 1. The number of hydrogen-bond acceptors (Lipinski definition) is 4. The van der Waals surface area contributed by atoms with Crippen LogP contribution in [0.15, 0.2) is 0 Å². The van der Waals surface area contributed by atoms with Gasteiger partial charge in [0.2, 0.25) is 0 Å². The third-order valence-electron chi connectivity index (χ3n) is 2.95. The van der Waals surface area contributed by atoms with Gasteiger partial charge in [0.1, 0.15) is 5.60 Å². The summed E-state index contributed by atoms with van der Waals surface area (Å²) in [5.41, 5.74) is -0.427. The second-order valence-corrected chi connectivity index (χ2v) is 6.09. The first kappa shape index (κ1) is 16.2. The molecule has 0 aromatic rings. The molecule has 112 valence electrons. The highest BCUT2D eigenvalue weighted by Gasteiger charge is 2.19. The van der Waals surface area contributed by atoms with Gasteiger partial charge in [-0.15, -0.1) is 0 Å². The number of carbonyl (C=O) groups is 1. The molecule has 1 aliphatic rings. The first-order chi connectivity index (χ1) is 8.88. The molecule has 1 atom stereocenters. The Balaban J connectivity index is 2.03. The fourth-order valence-electron chi connectivity index (χ4n) is 1.94. The van der Waals surface area contributed by atoms with Crippen molar-refractivity contribution >= 4 is 6.09 Å². The fourth-order valence-corrected chi connectivity index (χ4v) is 1.94. The van der Waals surface area contributed by atoms with Gasteiger partial charge in [-0.3, -0.25) is 0 Å². The van der Waals surface area contributed by atoms with Crippen LogP contribution < -0.4 is 5.32 Å². The van der Waals surface area contributed by atoms with Crippen LogP contribution in [0.2, 0.25) is 0 Å². The van der Waals surface area contributed by atoms with E-state index in [2.05, 4.69) is 5.32 Å². The molecule has 1 saturated heterocycles. The predicted octanol–water partition coefficient (Wildman–Crippen LogP) is 2.01. The molecule has 1 rings (SSSR count). The van der Waals surface area contributed by atoms with E-state index >= 15 is 0 Å². The van der Waals surface area contributed by atoms with Gasteiger partial charge in [-0.1, -0.05) is 0 Å². The van der Waals surface area contributed by atoms with Crippen LogP contribution in [0.3, 0.4) is 0 Å². The summed E-state index contributed by atoms with van der Waals surface area (Å²) in [5, 5.41) is 3.37. The summed E-state index contributed by atoms with van der Waals surface area (Å²) in [7, 11) is 1.77. The zero-order chi connectivity index (χ0) is 14.3. The summed E-state index contributed by atoms with van der Waals surface area (Å²) in [6, 6.07) is 0. The second-order valence-electron chi connectivity index (χ2n) is 6.09. The lowest BCUT2D eigenvalue weighted by Crippen LogP contribution is -2.36. The Bertz CT molecular complexity index is 270. The van der Waals surface area contributed by atoms with Crippen molar-refractivity contribution in [2.45, 2.75) is 51.7 Å². The average molecular weight is 272 g/mol. The van der Waals surface area contributed by atoms with E-state index in [1.165, 1.54) is 6.42 Å². The minimum absolute atomic E-state index is 0.258. The Kier molecular flexibility index (Phi) is 6.58. The summed E-state index contributed by atoms with van der Waals surface area (Å²) in [5.74, 6) is 0. The van der Waals surface area contributed by atoms with Crippen molar-refractivity contribution in [1.29, 1.82) is 0 Å². The predicted molar refractivity (Wildman–Crippen MR) is 75.3 cm³/mol. The molecule has 1 amide bonds. The summed E-state index contributed by atoms with van der Waals surface area (Å²) in [4.78, 5) is 13.3. The van der Waals surface area contributed by atoms with E-state index in [1.54, 1.807) is 11.9 Å². The minimum Gasteiger partial charge on any atom is -0.444 e. The third kappa shape index (κ3) is 7.38. The smallest absolute Gasteiger partial charge is 0.410 e. The van der Waals surface area contributed by atoms with E-state index in [4.69, 9.17) is 9.47 Å².